The van der Waals surface area contributed by atoms with E-state index < -0.39 is 31.3 Å². The highest BCUT2D eigenvalue weighted by molar-refractivity contribution is 6.76. The molecule has 3 heterocycles. The molecule has 1 aliphatic heterocycles. The second-order valence-electron chi connectivity index (χ2n) is 13.2. The van der Waals surface area contributed by atoms with Gasteiger partial charge in [0.05, 0.1) is 25.7 Å². The average Bonchev–Trinajstić information content (AvgIpc) is 3.33. The minimum Gasteiger partial charge on any atom is -0.497 e. The van der Waals surface area contributed by atoms with E-state index in [4.69, 9.17) is 18.9 Å². The van der Waals surface area contributed by atoms with Gasteiger partial charge in [0.1, 0.15) is 35.5 Å². The molecule has 240 valence electrons. The van der Waals surface area contributed by atoms with Crippen LogP contribution in [0.15, 0.2) is 48.8 Å². The van der Waals surface area contributed by atoms with Crippen LogP contribution in [0, 0.1) is 22.9 Å². The summed E-state index contributed by atoms with van der Waals surface area (Å²) >= 11 is 0. The lowest BCUT2D eigenvalue weighted by Crippen LogP contribution is -2.40. The SMILES string of the molecule is COc1ccc(-c2cn(COCC[Si](C)(C)C)c3nccc(Oc4c(F)cc(CC(=O)CCC5(C)COC5)cc4F)c23)c(F)c1. The summed E-state index contributed by atoms with van der Waals surface area (Å²) in [6, 6.07) is 9.13. The molecule has 4 aromatic rings. The summed E-state index contributed by atoms with van der Waals surface area (Å²) < 4.78 is 70.0. The van der Waals surface area contributed by atoms with Crippen LogP contribution < -0.4 is 9.47 Å². The van der Waals surface area contributed by atoms with Gasteiger partial charge in [0.2, 0.25) is 0 Å². The minimum absolute atomic E-state index is 0.0215. The number of hydrogen-bond acceptors (Lipinski definition) is 6. The Hall–Kier alpha value is -3.67. The number of rotatable bonds is 14. The Morgan fingerprint density at radius 3 is 2.40 bits per heavy atom. The molecule has 2 aromatic carbocycles. The molecule has 1 aliphatic rings. The van der Waals surface area contributed by atoms with E-state index in [0.717, 1.165) is 18.2 Å². The third-order valence-electron chi connectivity index (χ3n) is 7.99. The monoisotopic (exact) mass is 640 g/mol. The zero-order chi connectivity index (χ0) is 32.4. The number of nitrogens with zero attached hydrogens (tertiary/aromatic N) is 2. The Bertz CT molecular complexity index is 1670. The number of aromatic nitrogens is 2. The van der Waals surface area contributed by atoms with Crippen LogP contribution in [-0.4, -0.2) is 50.3 Å². The first-order valence-corrected chi connectivity index (χ1v) is 18.7. The highest BCUT2D eigenvalue weighted by Crippen LogP contribution is 2.41. The Balaban J connectivity index is 1.45. The van der Waals surface area contributed by atoms with Crippen LogP contribution in [0.1, 0.15) is 25.3 Å². The third-order valence-corrected chi connectivity index (χ3v) is 9.70. The molecule has 0 amide bonds. The summed E-state index contributed by atoms with van der Waals surface area (Å²) in [4.78, 5) is 17.0. The smallest absolute Gasteiger partial charge is 0.198 e. The van der Waals surface area contributed by atoms with Crippen LogP contribution >= 0.6 is 0 Å². The number of ether oxygens (including phenoxy) is 4. The molecule has 45 heavy (non-hydrogen) atoms. The maximum Gasteiger partial charge on any atom is 0.198 e. The molecule has 0 N–H and O–H groups in total. The molecule has 0 saturated carbocycles. The molecule has 7 nitrogen and oxygen atoms in total. The van der Waals surface area contributed by atoms with E-state index in [2.05, 4.69) is 31.5 Å². The number of carbonyl (C=O) groups is 1. The Kier molecular flexibility index (Phi) is 9.71. The molecule has 0 radical (unpaired) electrons. The molecule has 1 fully saturated rings. The maximum absolute atomic E-state index is 15.4. The third kappa shape index (κ3) is 7.77. The Morgan fingerprint density at radius 1 is 1.04 bits per heavy atom. The van der Waals surface area contributed by atoms with E-state index in [9.17, 15) is 4.79 Å². The molecule has 2 aromatic heterocycles. The van der Waals surface area contributed by atoms with Crippen molar-refractivity contribution in [2.24, 2.45) is 5.41 Å². The van der Waals surface area contributed by atoms with Gasteiger partial charge in [0.15, 0.2) is 17.4 Å². The number of ketones is 1. The quantitative estimate of drug-likeness (QED) is 0.102. The van der Waals surface area contributed by atoms with E-state index >= 15 is 13.2 Å². The molecular weight excluding hydrogens is 601 g/mol. The molecule has 0 unspecified atom stereocenters. The van der Waals surface area contributed by atoms with Crippen molar-refractivity contribution in [2.75, 3.05) is 26.9 Å². The number of hydrogen-bond donors (Lipinski definition) is 0. The van der Waals surface area contributed by atoms with Crippen molar-refractivity contribution < 1.29 is 36.9 Å². The van der Waals surface area contributed by atoms with Gasteiger partial charge >= 0.3 is 0 Å². The molecule has 11 heteroatoms. The summed E-state index contributed by atoms with van der Waals surface area (Å²) in [5.74, 6) is -2.75. The van der Waals surface area contributed by atoms with Crippen LogP contribution in [-0.2, 0) is 27.4 Å². The van der Waals surface area contributed by atoms with Gasteiger partial charge in [-0.05, 0) is 48.4 Å². The number of Topliss-reactive ketones (excluding diaryl/α,β-unsaturated/α-hetero) is 1. The summed E-state index contributed by atoms with van der Waals surface area (Å²) in [5, 5.41) is 0.363. The summed E-state index contributed by atoms with van der Waals surface area (Å²) in [6.07, 6.45) is 4.03. The fourth-order valence-electron chi connectivity index (χ4n) is 5.23. The second kappa shape index (κ2) is 13.4. The molecule has 1 saturated heterocycles. The van der Waals surface area contributed by atoms with Gasteiger partial charge < -0.3 is 23.5 Å². The largest absolute Gasteiger partial charge is 0.497 e. The standard InChI is InChI=1S/C34H39F3N2O5Si/c1-34(19-43-20-34)10-8-23(40)14-22-15-28(36)32(29(37)16-22)44-30-9-11-38-33-31(30)26(25-7-6-24(41-2)17-27(25)35)18-39(33)21-42-12-13-45(3,4)5/h6-7,9,11,15-18H,8,10,12-14,19-21H2,1-5H3. The van der Waals surface area contributed by atoms with Crippen LogP contribution in [0.2, 0.25) is 25.7 Å². The predicted molar refractivity (Wildman–Crippen MR) is 169 cm³/mol. The van der Waals surface area contributed by atoms with Crippen molar-refractivity contribution in [2.45, 2.75) is 58.6 Å². The van der Waals surface area contributed by atoms with Gasteiger partial charge in [-0.1, -0.05) is 26.6 Å². The molecule has 0 spiro atoms. The van der Waals surface area contributed by atoms with Crippen molar-refractivity contribution in [3.8, 4) is 28.4 Å². The van der Waals surface area contributed by atoms with Crippen molar-refractivity contribution in [1.29, 1.82) is 0 Å². The van der Waals surface area contributed by atoms with Gasteiger partial charge in [0.25, 0.3) is 0 Å². The number of benzene rings is 2. The van der Waals surface area contributed by atoms with Crippen molar-refractivity contribution in [1.82, 2.24) is 9.55 Å². The van der Waals surface area contributed by atoms with Gasteiger partial charge in [-0.25, -0.2) is 18.2 Å². The number of carbonyl (C=O) groups excluding carboxylic acids is 1. The first-order valence-electron chi connectivity index (χ1n) is 15.0. The average molecular weight is 641 g/mol. The van der Waals surface area contributed by atoms with Crippen molar-refractivity contribution in [3.63, 3.8) is 0 Å². The van der Waals surface area contributed by atoms with E-state index in [-0.39, 0.29) is 41.2 Å². The second-order valence-corrected chi connectivity index (χ2v) is 18.8. The number of methoxy groups -OCH3 is 1. The van der Waals surface area contributed by atoms with E-state index in [1.165, 1.54) is 25.4 Å². The minimum atomic E-state index is -1.33. The summed E-state index contributed by atoms with van der Waals surface area (Å²) in [7, 11) is 0.121. The maximum atomic E-state index is 15.4. The van der Waals surface area contributed by atoms with Crippen LogP contribution in [0.3, 0.4) is 0 Å². The summed E-state index contributed by atoms with van der Waals surface area (Å²) in [6.45, 7) is 10.7. The van der Waals surface area contributed by atoms with Crippen molar-refractivity contribution in [3.05, 3.63) is 71.8 Å². The van der Waals surface area contributed by atoms with Gasteiger partial charge in [-0.2, -0.15) is 0 Å². The van der Waals surface area contributed by atoms with E-state index in [1.807, 2.05) is 0 Å². The normalized spacial score (nSPS) is 14.4. The zero-order valence-corrected chi connectivity index (χ0v) is 27.3. The highest BCUT2D eigenvalue weighted by Gasteiger charge is 2.33. The lowest BCUT2D eigenvalue weighted by molar-refractivity contribution is -0.125. The van der Waals surface area contributed by atoms with Gasteiger partial charge in [-0.15, -0.1) is 0 Å². The number of pyridine rings is 1. The highest BCUT2D eigenvalue weighted by atomic mass is 28.3. The van der Waals surface area contributed by atoms with Gasteiger partial charge in [0, 0.05) is 62.5 Å². The van der Waals surface area contributed by atoms with Gasteiger partial charge in [-0.3, -0.25) is 4.79 Å². The first kappa shape index (κ1) is 32.7. The molecular formula is C34H39F3N2O5Si. The molecule has 5 rings (SSSR count). The number of fused-ring (bicyclic) bond motifs is 1. The Morgan fingerprint density at radius 2 is 1.78 bits per heavy atom. The zero-order valence-electron chi connectivity index (χ0n) is 26.3. The van der Waals surface area contributed by atoms with E-state index in [0.29, 0.717) is 55.0 Å². The first-order chi connectivity index (χ1) is 21.4. The van der Waals surface area contributed by atoms with Crippen LogP contribution in [0.4, 0.5) is 13.2 Å². The molecule has 0 atom stereocenters. The lowest BCUT2D eigenvalue weighted by atomic mass is 9.82. The lowest BCUT2D eigenvalue weighted by Gasteiger charge is -2.37. The predicted octanol–water partition coefficient (Wildman–Crippen LogP) is 8.16. The fraction of sp³-hybridized carbons (Fsp3) is 0.412. The van der Waals surface area contributed by atoms with Crippen LogP contribution in [0.25, 0.3) is 22.2 Å². The van der Waals surface area contributed by atoms with Crippen LogP contribution in [0.5, 0.6) is 17.2 Å². The summed E-state index contributed by atoms with van der Waals surface area (Å²) in [5.41, 5.74) is 1.25. The molecule has 0 aliphatic carbocycles. The number of halogens is 3. The Labute approximate surface area is 262 Å². The van der Waals surface area contributed by atoms with Crippen molar-refractivity contribution >= 4 is 24.9 Å². The topological polar surface area (TPSA) is 71.8 Å². The molecule has 0 bridgehead atoms. The fourth-order valence-corrected chi connectivity index (χ4v) is 5.99. The van der Waals surface area contributed by atoms with E-state index in [1.54, 1.807) is 22.9 Å².